The van der Waals surface area contributed by atoms with Crippen LogP contribution in [0.15, 0.2) is 48.6 Å². The van der Waals surface area contributed by atoms with Gasteiger partial charge in [0, 0.05) is 11.5 Å². The van der Waals surface area contributed by atoms with Gasteiger partial charge < -0.3 is 4.74 Å². The second-order valence-electron chi connectivity index (χ2n) is 7.12. The summed E-state index contributed by atoms with van der Waals surface area (Å²) in [5.74, 6) is 0.0993. The molecule has 0 aromatic heterocycles. The first-order valence-electron chi connectivity index (χ1n) is 8.01. The average molecular weight is 302 g/mol. The number of carbonyl (C=O) groups is 1. The topological polar surface area (TPSA) is 26.3 Å². The highest BCUT2D eigenvalue weighted by atomic mass is 16.5. The maximum Gasteiger partial charge on any atom is 0.330 e. The lowest BCUT2D eigenvalue weighted by Gasteiger charge is -2.45. The zero-order valence-corrected chi connectivity index (χ0v) is 14.6. The Balaban J connectivity index is 2.83. The van der Waals surface area contributed by atoms with Crippen molar-refractivity contribution in [1.82, 2.24) is 0 Å². The van der Waals surface area contributed by atoms with Gasteiger partial charge in [0.25, 0.3) is 0 Å². The summed E-state index contributed by atoms with van der Waals surface area (Å²) in [5.41, 5.74) is 3.16. The molecule has 2 atom stereocenters. The summed E-state index contributed by atoms with van der Waals surface area (Å²) in [6.07, 6.45) is 6.97. The van der Waals surface area contributed by atoms with Gasteiger partial charge in [0.15, 0.2) is 0 Å². The summed E-state index contributed by atoms with van der Waals surface area (Å²) < 4.78 is 5.73. The predicted octanol–water partition coefficient (Wildman–Crippen LogP) is 5.38. The molecule has 1 fully saturated rings. The molecule has 0 aromatic carbocycles. The number of esters is 1. The molecule has 2 heteroatoms. The molecular formula is C20H30O2. The lowest BCUT2D eigenvalue weighted by Crippen LogP contribution is -2.43. The van der Waals surface area contributed by atoms with E-state index in [2.05, 4.69) is 33.6 Å². The third-order valence-corrected chi connectivity index (χ3v) is 4.66. The van der Waals surface area contributed by atoms with Crippen LogP contribution in [0.25, 0.3) is 0 Å². The van der Waals surface area contributed by atoms with E-state index < -0.39 is 0 Å². The fraction of sp³-hybridized carbons (Fsp3) is 0.550. The van der Waals surface area contributed by atoms with Crippen LogP contribution in [-0.4, -0.2) is 12.1 Å². The Kier molecular flexibility index (Phi) is 6.40. The van der Waals surface area contributed by atoms with E-state index in [1.54, 1.807) is 6.08 Å². The van der Waals surface area contributed by atoms with Crippen LogP contribution in [0.2, 0.25) is 0 Å². The highest BCUT2D eigenvalue weighted by molar-refractivity contribution is 5.82. The van der Waals surface area contributed by atoms with Crippen molar-refractivity contribution in [1.29, 1.82) is 0 Å². The minimum atomic E-state index is -0.236. The van der Waals surface area contributed by atoms with Crippen LogP contribution in [-0.2, 0) is 9.53 Å². The molecule has 0 radical (unpaired) electrons. The van der Waals surface area contributed by atoms with Crippen LogP contribution in [0.3, 0.4) is 0 Å². The summed E-state index contributed by atoms with van der Waals surface area (Å²) in [7, 11) is 0. The van der Waals surface area contributed by atoms with Gasteiger partial charge in [-0.25, -0.2) is 4.79 Å². The fourth-order valence-corrected chi connectivity index (χ4v) is 3.24. The Labute approximate surface area is 135 Å². The Bertz CT molecular complexity index is 490. The van der Waals surface area contributed by atoms with Crippen molar-refractivity contribution in [3.8, 4) is 0 Å². The summed E-state index contributed by atoms with van der Waals surface area (Å²) in [6.45, 7) is 20.2. The normalized spacial score (nSPS) is 23.5. The smallest absolute Gasteiger partial charge is 0.330 e. The predicted molar refractivity (Wildman–Crippen MR) is 93.5 cm³/mol. The maximum atomic E-state index is 12.0. The molecule has 0 saturated heterocycles. The van der Waals surface area contributed by atoms with E-state index in [-0.39, 0.29) is 17.5 Å². The third kappa shape index (κ3) is 4.72. The van der Waals surface area contributed by atoms with Gasteiger partial charge in [0.05, 0.1) is 0 Å². The van der Waals surface area contributed by atoms with Crippen molar-refractivity contribution in [2.24, 2.45) is 11.3 Å². The first-order valence-corrected chi connectivity index (χ1v) is 8.01. The minimum Gasteiger partial charge on any atom is -0.459 e. The van der Waals surface area contributed by atoms with Crippen LogP contribution in [0.1, 0.15) is 53.4 Å². The SMILES string of the molecule is C=CC(=C)CC[C@H]1C(=C)CC[C@@H](OC(=O)C=C(C)C)C1(C)C. The van der Waals surface area contributed by atoms with E-state index in [0.29, 0.717) is 5.92 Å². The second-order valence-corrected chi connectivity index (χ2v) is 7.12. The van der Waals surface area contributed by atoms with E-state index in [1.807, 2.05) is 19.9 Å². The number of allylic oxidation sites excluding steroid dienone is 4. The number of ether oxygens (including phenoxy) is 1. The molecule has 1 aliphatic carbocycles. The molecule has 0 aromatic rings. The van der Waals surface area contributed by atoms with Crippen molar-refractivity contribution in [2.45, 2.75) is 59.5 Å². The van der Waals surface area contributed by atoms with Gasteiger partial charge in [-0.2, -0.15) is 0 Å². The summed E-state index contributed by atoms with van der Waals surface area (Å²) in [6, 6.07) is 0. The van der Waals surface area contributed by atoms with Gasteiger partial charge in [0.2, 0.25) is 0 Å². The number of carbonyl (C=O) groups excluding carboxylic acids is 1. The Morgan fingerprint density at radius 2 is 2.05 bits per heavy atom. The standard InChI is InChI=1S/C20H30O2/c1-8-15(4)9-11-17-16(5)10-12-18(20(17,6)7)22-19(21)13-14(2)3/h8,13,17-18H,1,4-5,9-12H2,2-3,6-7H3/t17-,18+/m0/s1. The zero-order chi connectivity index (χ0) is 16.9. The highest BCUT2D eigenvalue weighted by Crippen LogP contribution is 2.47. The first-order chi connectivity index (χ1) is 10.2. The second kappa shape index (κ2) is 7.62. The molecule has 0 N–H and O–H groups in total. The largest absolute Gasteiger partial charge is 0.459 e. The van der Waals surface area contributed by atoms with E-state index in [4.69, 9.17) is 4.74 Å². The maximum absolute atomic E-state index is 12.0. The van der Waals surface area contributed by atoms with Crippen LogP contribution in [0.4, 0.5) is 0 Å². The number of hydrogen-bond donors (Lipinski definition) is 0. The zero-order valence-electron chi connectivity index (χ0n) is 14.6. The van der Waals surface area contributed by atoms with Gasteiger partial charge in [-0.3, -0.25) is 0 Å². The monoisotopic (exact) mass is 302 g/mol. The average Bonchev–Trinajstić information content (AvgIpc) is 2.40. The summed E-state index contributed by atoms with van der Waals surface area (Å²) >= 11 is 0. The van der Waals surface area contributed by atoms with E-state index in [0.717, 1.165) is 36.8 Å². The Morgan fingerprint density at radius 1 is 1.41 bits per heavy atom. The molecule has 0 spiro atoms. The minimum absolute atomic E-state index is 0.0666. The van der Waals surface area contributed by atoms with E-state index in [1.165, 1.54) is 5.57 Å². The molecule has 0 amide bonds. The molecule has 0 aliphatic heterocycles. The highest BCUT2D eigenvalue weighted by Gasteiger charge is 2.43. The Hall–Kier alpha value is -1.57. The molecule has 1 saturated carbocycles. The molecule has 1 aliphatic rings. The van der Waals surface area contributed by atoms with Crippen molar-refractivity contribution < 1.29 is 9.53 Å². The van der Waals surface area contributed by atoms with E-state index >= 15 is 0 Å². The molecule has 0 unspecified atom stereocenters. The summed E-state index contributed by atoms with van der Waals surface area (Å²) in [5, 5.41) is 0. The molecule has 1 rings (SSSR count). The number of hydrogen-bond acceptors (Lipinski definition) is 2. The van der Waals surface area contributed by atoms with Crippen LogP contribution in [0, 0.1) is 11.3 Å². The van der Waals surface area contributed by atoms with Crippen LogP contribution >= 0.6 is 0 Å². The first kappa shape index (κ1) is 18.5. The fourth-order valence-electron chi connectivity index (χ4n) is 3.24. The van der Waals surface area contributed by atoms with Gasteiger partial charge in [-0.1, -0.05) is 56.4 Å². The van der Waals surface area contributed by atoms with Crippen molar-refractivity contribution in [3.63, 3.8) is 0 Å². The molecular weight excluding hydrogens is 272 g/mol. The molecule has 122 valence electrons. The molecule has 2 nitrogen and oxygen atoms in total. The van der Waals surface area contributed by atoms with Gasteiger partial charge in [0.1, 0.15) is 6.10 Å². The molecule has 22 heavy (non-hydrogen) atoms. The van der Waals surface area contributed by atoms with Gasteiger partial charge >= 0.3 is 5.97 Å². The quantitative estimate of drug-likeness (QED) is 0.285. The van der Waals surface area contributed by atoms with Crippen molar-refractivity contribution in [2.75, 3.05) is 0 Å². The van der Waals surface area contributed by atoms with E-state index in [9.17, 15) is 4.79 Å². The van der Waals surface area contributed by atoms with Crippen molar-refractivity contribution >= 4 is 5.97 Å². The number of rotatable bonds is 6. The van der Waals surface area contributed by atoms with Gasteiger partial charge in [-0.15, -0.1) is 0 Å². The lowest BCUT2D eigenvalue weighted by molar-refractivity contribution is -0.153. The van der Waals surface area contributed by atoms with Crippen molar-refractivity contribution in [3.05, 3.63) is 48.6 Å². The molecule has 0 bridgehead atoms. The summed E-state index contributed by atoms with van der Waals surface area (Å²) in [4.78, 5) is 12.0. The van der Waals surface area contributed by atoms with Gasteiger partial charge in [-0.05, 0) is 45.4 Å². The molecule has 0 heterocycles. The Morgan fingerprint density at radius 3 is 2.59 bits per heavy atom. The van der Waals surface area contributed by atoms with Crippen LogP contribution in [0.5, 0.6) is 0 Å². The lowest BCUT2D eigenvalue weighted by atomic mass is 9.63. The third-order valence-electron chi connectivity index (χ3n) is 4.66. The van der Waals surface area contributed by atoms with Crippen LogP contribution < -0.4 is 0 Å².